The Morgan fingerprint density at radius 2 is 2.19 bits per heavy atom. The van der Waals surface area contributed by atoms with Crippen LogP contribution in [0.5, 0.6) is 0 Å². The molecule has 86 valence electrons. The third-order valence-corrected chi connectivity index (χ3v) is 3.56. The fourth-order valence-corrected chi connectivity index (χ4v) is 2.37. The van der Waals surface area contributed by atoms with Gasteiger partial charge in [-0.1, -0.05) is 22.9 Å². The van der Waals surface area contributed by atoms with Crippen LogP contribution in [-0.2, 0) is 7.05 Å². The number of anilines is 1. The standard InChI is InChI=1S/C9H12ClN5S/c1-4-11-9-13-12-8(16-9)7-6(10)5(2)15(3)14-7/h4H2,1-3H3,(H,11,13). The predicted octanol–water partition coefficient (Wildman–Crippen LogP) is 2.33. The lowest BCUT2D eigenvalue weighted by Crippen LogP contribution is -1.94. The third-order valence-electron chi connectivity index (χ3n) is 2.22. The Balaban J connectivity index is 2.38. The molecule has 2 rings (SSSR count). The van der Waals surface area contributed by atoms with Gasteiger partial charge in [0.05, 0.1) is 10.7 Å². The highest BCUT2D eigenvalue weighted by Gasteiger charge is 2.16. The summed E-state index contributed by atoms with van der Waals surface area (Å²) in [4.78, 5) is 0. The summed E-state index contributed by atoms with van der Waals surface area (Å²) in [7, 11) is 1.86. The molecule has 0 spiro atoms. The second-order valence-electron chi connectivity index (χ2n) is 3.31. The van der Waals surface area contributed by atoms with Gasteiger partial charge < -0.3 is 5.32 Å². The number of nitrogens with one attached hydrogen (secondary N) is 1. The smallest absolute Gasteiger partial charge is 0.206 e. The molecule has 1 N–H and O–H groups in total. The molecule has 2 heterocycles. The van der Waals surface area contributed by atoms with Gasteiger partial charge in [-0.25, -0.2) is 0 Å². The number of hydrogen-bond donors (Lipinski definition) is 1. The van der Waals surface area contributed by atoms with Crippen molar-refractivity contribution in [3.63, 3.8) is 0 Å². The maximum absolute atomic E-state index is 6.17. The molecule has 2 aromatic rings. The van der Waals surface area contributed by atoms with Crippen LogP contribution in [0.1, 0.15) is 12.6 Å². The van der Waals surface area contributed by atoms with E-state index in [0.29, 0.717) is 10.7 Å². The molecule has 0 aliphatic heterocycles. The number of aryl methyl sites for hydroxylation is 1. The molecular formula is C9H12ClN5S. The lowest BCUT2D eigenvalue weighted by atomic mass is 10.4. The highest BCUT2D eigenvalue weighted by molar-refractivity contribution is 7.18. The maximum Gasteiger partial charge on any atom is 0.206 e. The van der Waals surface area contributed by atoms with Crippen molar-refractivity contribution in [3.05, 3.63) is 10.7 Å². The number of halogens is 1. The van der Waals surface area contributed by atoms with Gasteiger partial charge in [-0.3, -0.25) is 4.68 Å². The first-order valence-electron chi connectivity index (χ1n) is 4.90. The Labute approximate surface area is 102 Å². The van der Waals surface area contributed by atoms with E-state index in [2.05, 4.69) is 20.6 Å². The Kier molecular flexibility index (Phi) is 3.11. The zero-order valence-electron chi connectivity index (χ0n) is 9.28. The molecule has 0 aliphatic carbocycles. The minimum absolute atomic E-state index is 0.640. The van der Waals surface area contributed by atoms with Crippen molar-refractivity contribution in [2.75, 3.05) is 11.9 Å². The average Bonchev–Trinajstić information content (AvgIpc) is 2.80. The van der Waals surface area contributed by atoms with Crippen molar-refractivity contribution in [2.45, 2.75) is 13.8 Å². The summed E-state index contributed by atoms with van der Waals surface area (Å²) in [6, 6.07) is 0. The number of aromatic nitrogens is 4. The molecule has 0 unspecified atom stereocenters. The average molecular weight is 258 g/mol. The summed E-state index contributed by atoms with van der Waals surface area (Å²) in [5, 5.41) is 17.7. The van der Waals surface area contributed by atoms with E-state index in [-0.39, 0.29) is 0 Å². The maximum atomic E-state index is 6.17. The first-order valence-corrected chi connectivity index (χ1v) is 6.09. The van der Waals surface area contributed by atoms with Gasteiger partial charge in [0.15, 0.2) is 5.01 Å². The van der Waals surface area contributed by atoms with E-state index in [1.807, 2.05) is 20.9 Å². The predicted molar refractivity (Wildman–Crippen MR) is 66.0 cm³/mol. The summed E-state index contributed by atoms with van der Waals surface area (Å²) in [6.07, 6.45) is 0. The SMILES string of the molecule is CCNc1nnc(-c2nn(C)c(C)c2Cl)s1. The second kappa shape index (κ2) is 4.39. The minimum Gasteiger partial charge on any atom is -0.360 e. The summed E-state index contributed by atoms with van der Waals surface area (Å²) in [5.74, 6) is 0. The van der Waals surface area contributed by atoms with Crippen LogP contribution >= 0.6 is 22.9 Å². The van der Waals surface area contributed by atoms with Gasteiger partial charge in [-0.05, 0) is 13.8 Å². The van der Waals surface area contributed by atoms with Crippen molar-refractivity contribution < 1.29 is 0 Å². The molecule has 0 amide bonds. The molecule has 0 saturated carbocycles. The largest absolute Gasteiger partial charge is 0.360 e. The molecule has 0 saturated heterocycles. The zero-order chi connectivity index (χ0) is 11.7. The first-order chi connectivity index (χ1) is 7.63. The van der Waals surface area contributed by atoms with E-state index in [4.69, 9.17) is 11.6 Å². The molecule has 0 bridgehead atoms. The Morgan fingerprint density at radius 3 is 2.75 bits per heavy atom. The molecule has 2 aromatic heterocycles. The fraction of sp³-hybridized carbons (Fsp3) is 0.444. The molecule has 5 nitrogen and oxygen atoms in total. The molecular weight excluding hydrogens is 246 g/mol. The normalized spacial score (nSPS) is 10.8. The van der Waals surface area contributed by atoms with E-state index in [1.165, 1.54) is 11.3 Å². The number of hydrogen-bond acceptors (Lipinski definition) is 5. The Bertz CT molecular complexity index is 504. The molecule has 0 fully saturated rings. The van der Waals surface area contributed by atoms with Crippen LogP contribution in [0.3, 0.4) is 0 Å². The second-order valence-corrected chi connectivity index (χ2v) is 4.67. The summed E-state index contributed by atoms with van der Waals surface area (Å²) < 4.78 is 1.74. The van der Waals surface area contributed by atoms with Crippen LogP contribution in [0.2, 0.25) is 5.02 Å². The third kappa shape index (κ3) is 1.90. The van der Waals surface area contributed by atoms with Gasteiger partial charge in [0.25, 0.3) is 0 Å². The van der Waals surface area contributed by atoms with Gasteiger partial charge in [0.2, 0.25) is 5.13 Å². The summed E-state index contributed by atoms with van der Waals surface area (Å²) >= 11 is 7.62. The minimum atomic E-state index is 0.640. The number of rotatable bonds is 3. The Hall–Kier alpha value is -1.14. The quantitative estimate of drug-likeness (QED) is 0.917. The monoisotopic (exact) mass is 257 g/mol. The molecule has 0 aromatic carbocycles. The molecule has 0 atom stereocenters. The Morgan fingerprint density at radius 1 is 1.44 bits per heavy atom. The number of nitrogens with zero attached hydrogens (tertiary/aromatic N) is 4. The molecule has 0 radical (unpaired) electrons. The van der Waals surface area contributed by atoms with Gasteiger partial charge in [0, 0.05) is 13.6 Å². The van der Waals surface area contributed by atoms with Crippen LogP contribution in [0, 0.1) is 6.92 Å². The lowest BCUT2D eigenvalue weighted by Gasteiger charge is -1.91. The topological polar surface area (TPSA) is 55.6 Å². The van der Waals surface area contributed by atoms with E-state index in [1.54, 1.807) is 4.68 Å². The molecule has 16 heavy (non-hydrogen) atoms. The van der Waals surface area contributed by atoms with Crippen LogP contribution < -0.4 is 5.32 Å². The summed E-state index contributed by atoms with van der Waals surface area (Å²) in [5.41, 5.74) is 1.63. The van der Waals surface area contributed by atoms with Gasteiger partial charge in [0.1, 0.15) is 5.69 Å². The van der Waals surface area contributed by atoms with Crippen molar-refractivity contribution in [3.8, 4) is 10.7 Å². The first kappa shape index (κ1) is 11.3. The molecule has 7 heteroatoms. The lowest BCUT2D eigenvalue weighted by molar-refractivity contribution is 0.742. The van der Waals surface area contributed by atoms with Crippen molar-refractivity contribution in [1.82, 2.24) is 20.0 Å². The van der Waals surface area contributed by atoms with Crippen LogP contribution in [-0.4, -0.2) is 26.5 Å². The molecule has 0 aliphatic rings. The van der Waals surface area contributed by atoms with Gasteiger partial charge in [-0.15, -0.1) is 10.2 Å². The summed E-state index contributed by atoms with van der Waals surface area (Å²) in [6.45, 7) is 4.76. The van der Waals surface area contributed by atoms with Crippen molar-refractivity contribution >= 4 is 28.1 Å². The zero-order valence-corrected chi connectivity index (χ0v) is 10.9. The fourth-order valence-electron chi connectivity index (χ4n) is 1.26. The highest BCUT2D eigenvalue weighted by atomic mass is 35.5. The van der Waals surface area contributed by atoms with Crippen LogP contribution in [0.15, 0.2) is 0 Å². The van der Waals surface area contributed by atoms with Crippen LogP contribution in [0.4, 0.5) is 5.13 Å². The van der Waals surface area contributed by atoms with E-state index in [0.717, 1.165) is 22.4 Å². The van der Waals surface area contributed by atoms with Crippen molar-refractivity contribution in [1.29, 1.82) is 0 Å². The van der Waals surface area contributed by atoms with Crippen LogP contribution in [0.25, 0.3) is 10.7 Å². The van der Waals surface area contributed by atoms with Gasteiger partial charge >= 0.3 is 0 Å². The van der Waals surface area contributed by atoms with Gasteiger partial charge in [-0.2, -0.15) is 5.10 Å². The van der Waals surface area contributed by atoms with E-state index >= 15 is 0 Å². The highest BCUT2D eigenvalue weighted by Crippen LogP contribution is 2.32. The van der Waals surface area contributed by atoms with E-state index in [9.17, 15) is 0 Å². The van der Waals surface area contributed by atoms with Crippen molar-refractivity contribution in [2.24, 2.45) is 7.05 Å². The van der Waals surface area contributed by atoms with E-state index < -0.39 is 0 Å².